The van der Waals surface area contributed by atoms with Gasteiger partial charge in [-0.25, -0.2) is 4.98 Å². The van der Waals surface area contributed by atoms with E-state index in [0.717, 1.165) is 0 Å². The molecular formula is C12H11F3N2O2. The molecule has 0 bridgehead atoms. The Labute approximate surface area is 106 Å². The van der Waals surface area contributed by atoms with Crippen molar-refractivity contribution >= 4 is 17.3 Å². The van der Waals surface area contributed by atoms with Gasteiger partial charge in [-0.3, -0.25) is 4.79 Å². The summed E-state index contributed by atoms with van der Waals surface area (Å²) in [5, 5.41) is 0.674. The summed E-state index contributed by atoms with van der Waals surface area (Å²) in [4.78, 5) is 15.0. The maximum atomic E-state index is 11.9. The molecule has 19 heavy (non-hydrogen) atoms. The Kier molecular flexibility index (Phi) is 3.84. The fourth-order valence-corrected chi connectivity index (χ4v) is 1.76. The van der Waals surface area contributed by atoms with E-state index in [2.05, 4.69) is 9.72 Å². The van der Waals surface area contributed by atoms with Gasteiger partial charge in [0.05, 0.1) is 6.61 Å². The number of pyridine rings is 1. The van der Waals surface area contributed by atoms with Crippen LogP contribution in [0.3, 0.4) is 0 Å². The van der Waals surface area contributed by atoms with Crippen LogP contribution >= 0.6 is 0 Å². The van der Waals surface area contributed by atoms with Gasteiger partial charge in [-0.2, -0.15) is 13.2 Å². The zero-order valence-electron chi connectivity index (χ0n) is 9.85. The number of carbonyl (C=O) groups is 1. The van der Waals surface area contributed by atoms with Gasteiger partial charge in [-0.1, -0.05) is 0 Å². The van der Waals surface area contributed by atoms with Gasteiger partial charge < -0.3 is 9.30 Å². The van der Waals surface area contributed by atoms with Crippen LogP contribution in [0, 0.1) is 0 Å². The van der Waals surface area contributed by atoms with Crippen molar-refractivity contribution in [2.24, 2.45) is 0 Å². The number of rotatable bonds is 5. The molecule has 0 saturated heterocycles. The number of alkyl halides is 3. The van der Waals surface area contributed by atoms with E-state index in [9.17, 15) is 18.0 Å². The Bertz CT molecular complexity index is 578. The minimum absolute atomic E-state index is 0.0990. The summed E-state index contributed by atoms with van der Waals surface area (Å²) in [6.45, 7) is -1.17. The summed E-state index contributed by atoms with van der Waals surface area (Å²) in [7, 11) is 0. The number of nitrogens with zero attached hydrogens (tertiary/aromatic N) is 2. The van der Waals surface area contributed by atoms with Crippen molar-refractivity contribution in [3.63, 3.8) is 0 Å². The number of halogens is 3. The van der Waals surface area contributed by atoms with E-state index in [1.807, 2.05) is 0 Å². The molecule has 0 spiro atoms. The molecule has 102 valence electrons. The third kappa shape index (κ3) is 3.31. The van der Waals surface area contributed by atoms with Crippen LogP contribution in [0.2, 0.25) is 0 Å². The second-order valence-corrected chi connectivity index (χ2v) is 3.94. The van der Waals surface area contributed by atoms with Crippen LogP contribution in [-0.2, 0) is 11.3 Å². The van der Waals surface area contributed by atoms with E-state index < -0.39 is 12.8 Å². The lowest BCUT2D eigenvalue weighted by atomic mass is 10.2. The molecule has 0 N–H and O–H groups in total. The quantitative estimate of drug-likeness (QED) is 0.620. The Morgan fingerprint density at radius 3 is 2.89 bits per heavy atom. The summed E-state index contributed by atoms with van der Waals surface area (Å²) in [6, 6.07) is 3.43. The molecule has 2 rings (SSSR count). The molecule has 4 nitrogen and oxygen atoms in total. The SMILES string of the molecule is O=Cc1cn(CCOCC(F)(F)F)c2ncccc12. The largest absolute Gasteiger partial charge is 0.411 e. The van der Waals surface area contributed by atoms with Gasteiger partial charge in [0.1, 0.15) is 12.3 Å². The zero-order valence-corrected chi connectivity index (χ0v) is 9.85. The molecule has 2 heterocycles. The number of ether oxygens (including phenoxy) is 1. The molecule has 7 heteroatoms. The van der Waals surface area contributed by atoms with Crippen LogP contribution in [-0.4, -0.2) is 35.2 Å². The minimum Gasteiger partial charge on any atom is -0.370 e. The number of hydrogen-bond acceptors (Lipinski definition) is 3. The van der Waals surface area contributed by atoms with E-state index in [0.29, 0.717) is 22.9 Å². The molecule has 0 amide bonds. The van der Waals surface area contributed by atoms with E-state index in [1.54, 1.807) is 29.1 Å². The lowest BCUT2D eigenvalue weighted by molar-refractivity contribution is -0.174. The third-order valence-corrected chi connectivity index (χ3v) is 2.53. The van der Waals surface area contributed by atoms with E-state index in [4.69, 9.17) is 0 Å². The number of hydrogen-bond donors (Lipinski definition) is 0. The highest BCUT2D eigenvalue weighted by Gasteiger charge is 2.27. The van der Waals surface area contributed by atoms with Gasteiger partial charge >= 0.3 is 6.18 Å². The number of carbonyl (C=O) groups excluding carboxylic acids is 1. The smallest absolute Gasteiger partial charge is 0.370 e. The molecule has 0 aromatic carbocycles. The number of fused-ring (bicyclic) bond motifs is 1. The highest BCUT2D eigenvalue weighted by atomic mass is 19.4. The summed E-state index contributed by atoms with van der Waals surface area (Å²) >= 11 is 0. The fraction of sp³-hybridized carbons (Fsp3) is 0.333. The van der Waals surface area contributed by atoms with Crippen LogP contribution in [0.1, 0.15) is 10.4 Å². The second kappa shape index (κ2) is 5.40. The van der Waals surface area contributed by atoms with Crippen molar-refractivity contribution in [3.8, 4) is 0 Å². The molecule has 0 atom stereocenters. The van der Waals surface area contributed by atoms with Crippen molar-refractivity contribution in [1.82, 2.24) is 9.55 Å². The van der Waals surface area contributed by atoms with Gasteiger partial charge in [0, 0.05) is 29.9 Å². The van der Waals surface area contributed by atoms with E-state index >= 15 is 0 Å². The topological polar surface area (TPSA) is 44.1 Å². The van der Waals surface area contributed by atoms with Crippen LogP contribution in [0.25, 0.3) is 11.0 Å². The highest BCUT2D eigenvalue weighted by Crippen LogP contribution is 2.18. The van der Waals surface area contributed by atoms with Gasteiger partial charge in [0.25, 0.3) is 0 Å². The van der Waals surface area contributed by atoms with Gasteiger partial charge in [0.15, 0.2) is 6.29 Å². The molecule has 0 aliphatic heterocycles. The predicted molar refractivity (Wildman–Crippen MR) is 62.0 cm³/mol. The van der Waals surface area contributed by atoms with Crippen LogP contribution in [0.4, 0.5) is 13.2 Å². The average Bonchev–Trinajstić information content (AvgIpc) is 2.72. The maximum absolute atomic E-state index is 11.9. The zero-order chi connectivity index (χ0) is 13.9. The van der Waals surface area contributed by atoms with Crippen molar-refractivity contribution in [2.75, 3.05) is 13.2 Å². The highest BCUT2D eigenvalue weighted by molar-refractivity contribution is 5.95. The second-order valence-electron chi connectivity index (χ2n) is 3.94. The Morgan fingerprint density at radius 1 is 1.42 bits per heavy atom. The molecule has 0 unspecified atom stereocenters. The minimum atomic E-state index is -4.33. The molecule has 0 aliphatic rings. The average molecular weight is 272 g/mol. The van der Waals surface area contributed by atoms with Crippen molar-refractivity contribution < 1.29 is 22.7 Å². The lowest BCUT2D eigenvalue weighted by Gasteiger charge is -2.08. The monoisotopic (exact) mass is 272 g/mol. The van der Waals surface area contributed by atoms with Crippen molar-refractivity contribution in [3.05, 3.63) is 30.1 Å². The van der Waals surface area contributed by atoms with Crippen LogP contribution in [0.15, 0.2) is 24.5 Å². The first kappa shape index (κ1) is 13.5. The standard InChI is InChI=1S/C12H11F3N2O2/c13-12(14,15)8-19-5-4-17-6-9(7-18)10-2-1-3-16-11(10)17/h1-3,6-7H,4-5,8H2. The van der Waals surface area contributed by atoms with Crippen molar-refractivity contribution in [2.45, 2.75) is 12.7 Å². The first-order valence-corrected chi connectivity index (χ1v) is 5.55. The van der Waals surface area contributed by atoms with E-state index in [-0.39, 0.29) is 13.2 Å². The van der Waals surface area contributed by atoms with Gasteiger partial charge in [-0.15, -0.1) is 0 Å². The Hall–Kier alpha value is -1.89. The molecule has 0 aliphatic carbocycles. The third-order valence-electron chi connectivity index (χ3n) is 2.53. The van der Waals surface area contributed by atoms with Crippen LogP contribution < -0.4 is 0 Å². The molecule has 0 fully saturated rings. The van der Waals surface area contributed by atoms with Crippen LogP contribution in [0.5, 0.6) is 0 Å². The first-order chi connectivity index (χ1) is 9.01. The first-order valence-electron chi connectivity index (χ1n) is 5.55. The Balaban J connectivity index is 2.07. The summed E-state index contributed by atoms with van der Waals surface area (Å²) in [6.07, 6.45) is -0.520. The molecule has 2 aromatic rings. The van der Waals surface area contributed by atoms with Gasteiger partial charge in [-0.05, 0) is 12.1 Å². The molecule has 2 aromatic heterocycles. The summed E-state index contributed by atoms with van der Waals surface area (Å²) in [5.74, 6) is 0. The predicted octanol–water partition coefficient (Wildman–Crippen LogP) is 2.43. The number of aldehydes is 1. The summed E-state index contributed by atoms with van der Waals surface area (Å²) < 4.78 is 41.8. The van der Waals surface area contributed by atoms with Crippen molar-refractivity contribution in [1.29, 1.82) is 0 Å². The Morgan fingerprint density at radius 2 is 2.21 bits per heavy atom. The lowest BCUT2D eigenvalue weighted by Crippen LogP contribution is -2.18. The molecule has 0 radical (unpaired) electrons. The normalized spacial score (nSPS) is 11.9. The van der Waals surface area contributed by atoms with Gasteiger partial charge in [0.2, 0.25) is 0 Å². The fourth-order valence-electron chi connectivity index (χ4n) is 1.76. The van der Waals surface area contributed by atoms with E-state index in [1.165, 1.54) is 0 Å². The number of aromatic nitrogens is 2. The maximum Gasteiger partial charge on any atom is 0.411 e. The molecule has 0 saturated carbocycles. The summed E-state index contributed by atoms with van der Waals surface area (Å²) in [5.41, 5.74) is 1.01. The molecular weight excluding hydrogens is 261 g/mol.